The number of hydrogen-bond donors (Lipinski definition) is 2. The van der Waals surface area contributed by atoms with Crippen LogP contribution in [0.3, 0.4) is 0 Å². The Kier molecular flexibility index (Phi) is 9.08. The van der Waals surface area contributed by atoms with Crippen LogP contribution in [0.1, 0.15) is 5.56 Å². The summed E-state index contributed by atoms with van der Waals surface area (Å²) < 4.78 is 5.90. The Morgan fingerprint density at radius 1 is 1.38 bits per heavy atom. The standard InChI is InChI=1S/C9H11NO2.C7H16NO/c10-8(9(11)12)6-7-4-2-1-3-5-7;1-5-9-7-6-8(2,3)4/h1-5,8H,6,10H2,(H,11,12);5H,1,6-7H2,2-4H3/q;+1. The third-order valence-electron chi connectivity index (χ3n) is 2.61. The number of benzene rings is 1. The van der Waals surface area contributed by atoms with Crippen molar-refractivity contribution in [3.05, 3.63) is 48.7 Å². The Labute approximate surface area is 127 Å². The molecule has 5 heteroatoms. The first-order valence-corrected chi connectivity index (χ1v) is 6.81. The number of rotatable bonds is 7. The summed E-state index contributed by atoms with van der Waals surface area (Å²) in [5, 5.41) is 8.52. The second kappa shape index (κ2) is 9.96. The van der Waals surface area contributed by atoms with Crippen molar-refractivity contribution in [1.29, 1.82) is 0 Å². The van der Waals surface area contributed by atoms with Crippen molar-refractivity contribution in [1.82, 2.24) is 0 Å². The smallest absolute Gasteiger partial charge is 0.320 e. The van der Waals surface area contributed by atoms with Crippen molar-refractivity contribution >= 4 is 5.97 Å². The number of hydrogen-bond acceptors (Lipinski definition) is 3. The van der Waals surface area contributed by atoms with E-state index in [9.17, 15) is 4.79 Å². The van der Waals surface area contributed by atoms with E-state index in [1.165, 1.54) is 6.26 Å². The summed E-state index contributed by atoms with van der Waals surface area (Å²) in [5.74, 6) is -0.959. The maximum Gasteiger partial charge on any atom is 0.320 e. The summed E-state index contributed by atoms with van der Waals surface area (Å²) in [6, 6.07) is 8.54. The van der Waals surface area contributed by atoms with E-state index in [1.54, 1.807) is 0 Å². The third kappa shape index (κ3) is 11.7. The van der Waals surface area contributed by atoms with E-state index in [4.69, 9.17) is 15.6 Å². The van der Waals surface area contributed by atoms with Gasteiger partial charge in [0.15, 0.2) is 0 Å². The topological polar surface area (TPSA) is 72.5 Å². The molecule has 1 aromatic carbocycles. The average molecular weight is 295 g/mol. The third-order valence-corrected chi connectivity index (χ3v) is 2.61. The number of carboxylic acids is 1. The molecule has 5 nitrogen and oxygen atoms in total. The van der Waals surface area contributed by atoms with Crippen LogP contribution in [0.4, 0.5) is 0 Å². The van der Waals surface area contributed by atoms with Gasteiger partial charge < -0.3 is 20.1 Å². The summed E-state index contributed by atoms with van der Waals surface area (Å²) in [6.07, 6.45) is 1.87. The molecule has 0 aliphatic rings. The van der Waals surface area contributed by atoms with Crippen LogP contribution in [-0.2, 0) is 16.0 Å². The quantitative estimate of drug-likeness (QED) is 0.454. The molecule has 0 fully saturated rings. The van der Waals surface area contributed by atoms with Crippen molar-refractivity contribution in [3.63, 3.8) is 0 Å². The number of carbonyl (C=O) groups is 1. The van der Waals surface area contributed by atoms with E-state index in [0.717, 1.165) is 23.2 Å². The number of nitrogens with zero attached hydrogens (tertiary/aromatic N) is 1. The number of likely N-dealkylation sites (N-methyl/N-ethyl adjacent to an activating group) is 1. The monoisotopic (exact) mass is 295 g/mol. The molecule has 0 radical (unpaired) electrons. The first-order valence-electron chi connectivity index (χ1n) is 6.81. The van der Waals surface area contributed by atoms with E-state index < -0.39 is 12.0 Å². The minimum Gasteiger partial charge on any atom is -0.496 e. The molecule has 0 heterocycles. The van der Waals surface area contributed by atoms with E-state index in [2.05, 4.69) is 27.7 Å². The highest BCUT2D eigenvalue weighted by Gasteiger charge is 2.10. The Morgan fingerprint density at radius 3 is 2.38 bits per heavy atom. The zero-order valence-corrected chi connectivity index (χ0v) is 13.2. The van der Waals surface area contributed by atoms with Gasteiger partial charge >= 0.3 is 5.97 Å². The van der Waals surface area contributed by atoms with Gasteiger partial charge in [0.25, 0.3) is 0 Å². The Bertz CT molecular complexity index is 413. The number of carboxylic acid groups (broad SMARTS) is 1. The molecule has 3 N–H and O–H groups in total. The maximum absolute atomic E-state index is 10.4. The maximum atomic E-state index is 10.4. The minimum atomic E-state index is -0.959. The van der Waals surface area contributed by atoms with Crippen molar-refractivity contribution in [2.75, 3.05) is 34.3 Å². The second-order valence-corrected chi connectivity index (χ2v) is 5.69. The lowest BCUT2D eigenvalue weighted by Gasteiger charge is -2.22. The van der Waals surface area contributed by atoms with Crippen molar-refractivity contribution in [2.45, 2.75) is 12.5 Å². The molecule has 1 atom stereocenters. The van der Waals surface area contributed by atoms with Crippen LogP contribution < -0.4 is 5.73 Å². The first-order chi connectivity index (χ1) is 9.76. The molecule has 1 unspecified atom stereocenters. The normalized spacial score (nSPS) is 11.8. The molecular weight excluding hydrogens is 268 g/mol. The number of ether oxygens (including phenoxy) is 1. The molecule has 0 saturated heterocycles. The van der Waals surface area contributed by atoms with Gasteiger partial charge in [-0.15, -0.1) is 0 Å². The summed E-state index contributed by atoms with van der Waals surface area (Å²) in [5.41, 5.74) is 6.30. The van der Waals surface area contributed by atoms with Crippen LogP contribution in [0.15, 0.2) is 43.2 Å². The molecule has 1 aromatic rings. The lowest BCUT2D eigenvalue weighted by molar-refractivity contribution is -0.870. The minimum absolute atomic E-state index is 0.385. The van der Waals surface area contributed by atoms with E-state index in [-0.39, 0.29) is 0 Å². The van der Waals surface area contributed by atoms with E-state index >= 15 is 0 Å². The van der Waals surface area contributed by atoms with Crippen LogP contribution in [0.25, 0.3) is 0 Å². The number of aliphatic carboxylic acids is 1. The van der Waals surface area contributed by atoms with Gasteiger partial charge in [0.1, 0.15) is 19.2 Å². The molecule has 21 heavy (non-hydrogen) atoms. The van der Waals surface area contributed by atoms with Gasteiger partial charge in [-0.05, 0) is 12.0 Å². The SMILES string of the molecule is C=COCC[N+](C)(C)C.NC(Cc1ccccc1)C(=O)O. The molecule has 0 saturated carbocycles. The number of quaternary nitrogens is 1. The van der Waals surface area contributed by atoms with Gasteiger partial charge in [0.2, 0.25) is 0 Å². The Hall–Kier alpha value is -1.85. The highest BCUT2D eigenvalue weighted by molar-refractivity contribution is 5.73. The van der Waals surface area contributed by atoms with Crippen molar-refractivity contribution in [3.8, 4) is 0 Å². The predicted octanol–water partition coefficient (Wildman–Crippen LogP) is 1.49. The largest absolute Gasteiger partial charge is 0.496 e. The fourth-order valence-electron chi connectivity index (χ4n) is 1.37. The molecule has 1 rings (SSSR count). The van der Waals surface area contributed by atoms with Gasteiger partial charge in [0.05, 0.1) is 27.4 Å². The summed E-state index contributed by atoms with van der Waals surface area (Å²) in [6.45, 7) is 5.23. The highest BCUT2D eigenvalue weighted by atomic mass is 16.5. The summed E-state index contributed by atoms with van der Waals surface area (Å²) in [4.78, 5) is 10.4. The highest BCUT2D eigenvalue weighted by Crippen LogP contribution is 2.01. The molecule has 0 aliphatic heterocycles. The van der Waals surface area contributed by atoms with Gasteiger partial charge in [-0.2, -0.15) is 0 Å². The number of nitrogens with two attached hydrogens (primary N) is 1. The van der Waals surface area contributed by atoms with Gasteiger partial charge in [-0.3, -0.25) is 4.79 Å². The van der Waals surface area contributed by atoms with Crippen LogP contribution >= 0.6 is 0 Å². The van der Waals surface area contributed by atoms with Gasteiger partial charge in [-0.25, -0.2) is 0 Å². The summed E-state index contributed by atoms with van der Waals surface area (Å²) in [7, 11) is 6.39. The molecule has 0 aromatic heterocycles. The summed E-state index contributed by atoms with van der Waals surface area (Å²) >= 11 is 0. The molecule has 0 aliphatic carbocycles. The predicted molar refractivity (Wildman–Crippen MR) is 84.8 cm³/mol. The second-order valence-electron chi connectivity index (χ2n) is 5.69. The zero-order chi connectivity index (χ0) is 16.3. The van der Waals surface area contributed by atoms with Crippen LogP contribution in [0.5, 0.6) is 0 Å². The molecule has 0 amide bonds. The van der Waals surface area contributed by atoms with Crippen molar-refractivity contribution in [2.24, 2.45) is 5.73 Å². The first kappa shape index (κ1) is 19.1. The molecular formula is C16H27N2O3+. The van der Waals surface area contributed by atoms with Crippen LogP contribution in [-0.4, -0.2) is 55.9 Å². The molecule has 0 bridgehead atoms. The fourth-order valence-corrected chi connectivity index (χ4v) is 1.37. The van der Waals surface area contributed by atoms with E-state index in [0.29, 0.717) is 6.42 Å². The lowest BCUT2D eigenvalue weighted by atomic mass is 10.1. The Morgan fingerprint density at radius 2 is 1.95 bits per heavy atom. The van der Waals surface area contributed by atoms with Gasteiger partial charge in [0, 0.05) is 0 Å². The van der Waals surface area contributed by atoms with Crippen molar-refractivity contribution < 1.29 is 19.1 Å². The fraction of sp³-hybridized carbons (Fsp3) is 0.438. The van der Waals surface area contributed by atoms with Gasteiger partial charge in [-0.1, -0.05) is 36.9 Å². The lowest BCUT2D eigenvalue weighted by Crippen LogP contribution is -2.37. The van der Waals surface area contributed by atoms with Crippen LogP contribution in [0, 0.1) is 0 Å². The zero-order valence-electron chi connectivity index (χ0n) is 13.2. The van der Waals surface area contributed by atoms with Crippen LogP contribution in [0.2, 0.25) is 0 Å². The Balaban J connectivity index is 0.000000400. The van der Waals surface area contributed by atoms with E-state index in [1.807, 2.05) is 30.3 Å². The molecule has 118 valence electrons. The average Bonchev–Trinajstić information content (AvgIpc) is 2.39. The molecule has 0 spiro atoms.